The van der Waals surface area contributed by atoms with Crippen molar-refractivity contribution in [3.63, 3.8) is 0 Å². The molecule has 0 aliphatic carbocycles. The van der Waals surface area contributed by atoms with Gasteiger partial charge in [0, 0.05) is 36.8 Å². The van der Waals surface area contributed by atoms with E-state index in [1.54, 1.807) is 37.3 Å². The van der Waals surface area contributed by atoms with E-state index in [0.717, 1.165) is 6.20 Å². The van der Waals surface area contributed by atoms with E-state index < -0.39 is 39.9 Å². The summed E-state index contributed by atoms with van der Waals surface area (Å²) in [6.07, 6.45) is -3.68. The van der Waals surface area contributed by atoms with E-state index in [-0.39, 0.29) is 40.5 Å². The van der Waals surface area contributed by atoms with Gasteiger partial charge in [0.15, 0.2) is 11.3 Å². The molecular weight excluding hydrogens is 601 g/mol. The van der Waals surface area contributed by atoms with Gasteiger partial charge in [-0.3, -0.25) is 9.69 Å². The van der Waals surface area contributed by atoms with Gasteiger partial charge < -0.3 is 14.7 Å². The van der Waals surface area contributed by atoms with Crippen molar-refractivity contribution in [1.82, 2.24) is 24.4 Å². The Morgan fingerprint density at radius 3 is 2.48 bits per heavy atom. The lowest BCUT2D eigenvalue weighted by molar-refractivity contribution is -0.143. The number of rotatable bonds is 7. The van der Waals surface area contributed by atoms with Gasteiger partial charge in [-0.25, -0.2) is 23.1 Å². The lowest BCUT2D eigenvalue weighted by atomic mass is 10.0. The van der Waals surface area contributed by atoms with Crippen LogP contribution in [0.15, 0.2) is 59.6 Å². The number of carbonyl (C=O) groups excluding carboxylic acids is 1. The highest BCUT2D eigenvalue weighted by atomic mass is 32.2. The van der Waals surface area contributed by atoms with Crippen LogP contribution in [0.5, 0.6) is 5.75 Å². The molecule has 2 aromatic carbocycles. The van der Waals surface area contributed by atoms with Gasteiger partial charge in [0.2, 0.25) is 10.0 Å². The van der Waals surface area contributed by atoms with E-state index in [2.05, 4.69) is 10.1 Å². The van der Waals surface area contributed by atoms with E-state index in [9.17, 15) is 31.5 Å². The van der Waals surface area contributed by atoms with Crippen molar-refractivity contribution in [2.24, 2.45) is 5.14 Å². The number of nitrogens with zero attached hydrogens (tertiary/aromatic N) is 5. The van der Waals surface area contributed by atoms with Gasteiger partial charge in [0.1, 0.15) is 11.3 Å². The quantitative estimate of drug-likeness (QED) is 0.316. The molecule has 4 aromatic rings. The molecule has 0 bridgehead atoms. The Hall–Kier alpha value is -4.05. The number of aliphatic hydroxyl groups is 1. The fraction of sp³-hybridized carbons (Fsp3) is 0.345. The SMILES string of the molecule is COc1ccc(-c2nc3c(C(=O)N4CCN([C@@H](CO)c5cccc(S(N)(=O)=O)c5)C[C@H]4C)cnn3c(C(F)(F)F)c2C)cc1. The van der Waals surface area contributed by atoms with Crippen LogP contribution in [0.2, 0.25) is 0 Å². The number of ether oxygens (including phenoxy) is 1. The summed E-state index contributed by atoms with van der Waals surface area (Å²) < 4.78 is 72.5. The third kappa shape index (κ3) is 5.87. The molecule has 1 fully saturated rings. The second kappa shape index (κ2) is 11.8. The Balaban J connectivity index is 1.47. The molecule has 0 spiro atoms. The van der Waals surface area contributed by atoms with E-state index in [1.807, 2.05) is 4.90 Å². The van der Waals surface area contributed by atoms with Crippen LogP contribution >= 0.6 is 0 Å². The number of carbonyl (C=O) groups is 1. The molecule has 15 heteroatoms. The first-order valence-electron chi connectivity index (χ1n) is 13.6. The maximum absolute atomic E-state index is 14.3. The standard InChI is InChI=1S/C29H31F3N6O5S/c1-17-15-36(24(16-39)20-5-4-6-22(13-20)44(33,41)42)11-12-37(17)28(40)23-14-34-38-26(29(30,31)32)18(2)25(35-27(23)38)19-7-9-21(43-3)10-8-19/h4-10,13-14,17,24,39H,11-12,15-16H2,1-3H3,(H2,33,41,42)/t17-,24+/m1/s1. The number of aliphatic hydroxyl groups excluding tert-OH is 1. The van der Waals surface area contributed by atoms with Crippen molar-refractivity contribution >= 4 is 21.6 Å². The first kappa shape index (κ1) is 31.4. The first-order valence-corrected chi connectivity index (χ1v) is 15.2. The molecule has 0 saturated carbocycles. The number of hydrogen-bond donors (Lipinski definition) is 2. The van der Waals surface area contributed by atoms with Gasteiger partial charge in [0.05, 0.1) is 36.5 Å². The number of halogens is 3. The second-order valence-corrected chi connectivity index (χ2v) is 12.2. The highest BCUT2D eigenvalue weighted by Gasteiger charge is 2.40. The van der Waals surface area contributed by atoms with Crippen LogP contribution in [-0.2, 0) is 16.2 Å². The van der Waals surface area contributed by atoms with Crippen molar-refractivity contribution in [1.29, 1.82) is 0 Å². The maximum Gasteiger partial charge on any atom is 0.433 e. The van der Waals surface area contributed by atoms with Crippen molar-refractivity contribution < 1.29 is 36.2 Å². The van der Waals surface area contributed by atoms with Crippen molar-refractivity contribution in [3.05, 3.63) is 77.1 Å². The fourth-order valence-corrected chi connectivity index (χ4v) is 6.21. The number of primary sulfonamides is 1. The molecule has 3 heterocycles. The Kier molecular flexibility index (Phi) is 8.41. The number of fused-ring (bicyclic) bond motifs is 1. The summed E-state index contributed by atoms with van der Waals surface area (Å²) in [6, 6.07) is 11.4. The maximum atomic E-state index is 14.3. The average Bonchev–Trinajstić information content (AvgIpc) is 3.39. The molecule has 2 atom stereocenters. The van der Waals surface area contributed by atoms with Gasteiger partial charge in [-0.15, -0.1) is 0 Å². The van der Waals surface area contributed by atoms with Gasteiger partial charge >= 0.3 is 6.18 Å². The lowest BCUT2D eigenvalue weighted by Gasteiger charge is -2.43. The molecule has 11 nitrogen and oxygen atoms in total. The molecule has 3 N–H and O–H groups in total. The Labute approximate surface area is 251 Å². The lowest BCUT2D eigenvalue weighted by Crippen LogP contribution is -2.55. The molecule has 1 amide bonds. The summed E-state index contributed by atoms with van der Waals surface area (Å²) in [6.45, 7) is 3.57. The topological polar surface area (TPSA) is 143 Å². The van der Waals surface area contributed by atoms with Crippen molar-refractivity contribution in [2.45, 2.75) is 37.0 Å². The fourth-order valence-electron chi connectivity index (χ4n) is 5.64. The zero-order chi connectivity index (χ0) is 32.0. The predicted molar refractivity (Wildman–Crippen MR) is 154 cm³/mol. The summed E-state index contributed by atoms with van der Waals surface area (Å²) in [5.74, 6) is -0.00786. The van der Waals surface area contributed by atoms with Gasteiger partial charge in [-0.05, 0) is 55.8 Å². The van der Waals surface area contributed by atoms with Crippen LogP contribution in [0, 0.1) is 6.92 Å². The van der Waals surface area contributed by atoms with Crippen LogP contribution in [0.1, 0.15) is 40.1 Å². The number of methoxy groups -OCH3 is 1. The zero-order valence-electron chi connectivity index (χ0n) is 24.1. The molecule has 1 saturated heterocycles. The van der Waals surface area contributed by atoms with E-state index >= 15 is 0 Å². The first-order chi connectivity index (χ1) is 20.7. The summed E-state index contributed by atoms with van der Waals surface area (Å²) in [5, 5.41) is 19.4. The number of alkyl halides is 3. The number of hydrogen-bond acceptors (Lipinski definition) is 8. The minimum absolute atomic E-state index is 0.0624. The van der Waals surface area contributed by atoms with E-state index in [1.165, 1.54) is 37.1 Å². The highest BCUT2D eigenvalue weighted by molar-refractivity contribution is 7.89. The van der Waals surface area contributed by atoms with Gasteiger partial charge in [0.25, 0.3) is 5.91 Å². The summed E-state index contributed by atoms with van der Waals surface area (Å²) in [4.78, 5) is 21.7. The number of amides is 1. The minimum Gasteiger partial charge on any atom is -0.497 e. The number of benzene rings is 2. The zero-order valence-corrected chi connectivity index (χ0v) is 24.9. The Morgan fingerprint density at radius 2 is 1.89 bits per heavy atom. The second-order valence-electron chi connectivity index (χ2n) is 10.6. The number of piperazine rings is 1. The third-order valence-corrected chi connectivity index (χ3v) is 8.76. The van der Waals surface area contributed by atoms with E-state index in [4.69, 9.17) is 9.88 Å². The predicted octanol–water partition coefficient (Wildman–Crippen LogP) is 3.26. The summed E-state index contributed by atoms with van der Waals surface area (Å²) >= 11 is 0. The minimum atomic E-state index is -4.78. The molecule has 2 aromatic heterocycles. The average molecular weight is 633 g/mol. The Bertz CT molecular complexity index is 1810. The highest BCUT2D eigenvalue weighted by Crippen LogP contribution is 2.37. The van der Waals surface area contributed by atoms with Crippen LogP contribution in [-0.4, -0.2) is 83.2 Å². The molecule has 0 unspecified atom stereocenters. The molecule has 5 rings (SSSR count). The van der Waals surface area contributed by atoms with Crippen LogP contribution in [0.4, 0.5) is 13.2 Å². The largest absolute Gasteiger partial charge is 0.497 e. The molecular formula is C29H31F3N6O5S. The molecule has 44 heavy (non-hydrogen) atoms. The van der Waals surface area contributed by atoms with Crippen molar-refractivity contribution in [2.75, 3.05) is 33.4 Å². The molecule has 1 aliphatic heterocycles. The van der Waals surface area contributed by atoms with Crippen LogP contribution in [0.3, 0.4) is 0 Å². The Morgan fingerprint density at radius 1 is 1.18 bits per heavy atom. The smallest absolute Gasteiger partial charge is 0.433 e. The monoisotopic (exact) mass is 632 g/mol. The molecule has 234 valence electrons. The van der Waals surface area contributed by atoms with Gasteiger partial charge in [-0.2, -0.15) is 18.3 Å². The third-order valence-electron chi connectivity index (χ3n) is 7.85. The van der Waals surface area contributed by atoms with Crippen LogP contribution in [0.25, 0.3) is 16.9 Å². The van der Waals surface area contributed by atoms with Crippen molar-refractivity contribution in [3.8, 4) is 17.0 Å². The van der Waals surface area contributed by atoms with Crippen LogP contribution < -0.4 is 9.88 Å². The number of aromatic nitrogens is 3. The molecule has 1 aliphatic rings. The van der Waals surface area contributed by atoms with E-state index in [0.29, 0.717) is 34.5 Å². The van der Waals surface area contributed by atoms with Gasteiger partial charge in [-0.1, -0.05) is 12.1 Å². The summed E-state index contributed by atoms with van der Waals surface area (Å²) in [7, 11) is -2.47. The summed E-state index contributed by atoms with van der Waals surface area (Å²) in [5.41, 5.74) is -0.448. The normalized spacial score (nSPS) is 17.2. The number of sulfonamides is 1. The number of nitrogens with two attached hydrogens (primary N) is 1. The molecule has 0 radical (unpaired) electrons.